The molecule has 1 atom stereocenters. The molecule has 0 fully saturated rings. The Morgan fingerprint density at radius 1 is 0.862 bits per heavy atom. The summed E-state index contributed by atoms with van der Waals surface area (Å²) in [5.41, 5.74) is 2.28. The molecule has 0 spiro atoms. The predicted molar refractivity (Wildman–Crippen MR) is 121 cm³/mol. The highest BCUT2D eigenvalue weighted by Crippen LogP contribution is 2.29. The van der Waals surface area contributed by atoms with Crippen LogP contribution in [0.25, 0.3) is 0 Å². The number of allylic oxidation sites excluding steroid dienone is 6. The van der Waals surface area contributed by atoms with Crippen molar-refractivity contribution in [1.29, 1.82) is 0 Å². The highest BCUT2D eigenvalue weighted by Gasteiger charge is 2.19. The zero-order valence-electron chi connectivity index (χ0n) is 18.7. The van der Waals surface area contributed by atoms with Crippen LogP contribution in [0, 0.1) is 5.92 Å². The number of aliphatic carboxylic acids is 2. The van der Waals surface area contributed by atoms with Gasteiger partial charge in [0.05, 0.1) is 0 Å². The van der Waals surface area contributed by atoms with Crippen LogP contribution in [0.2, 0.25) is 0 Å². The van der Waals surface area contributed by atoms with Gasteiger partial charge in [-0.3, -0.25) is 0 Å². The molecule has 0 saturated carbocycles. The summed E-state index contributed by atoms with van der Waals surface area (Å²) in [6.45, 7) is 8.28. The molecule has 0 rings (SSSR count). The second-order valence-electron chi connectivity index (χ2n) is 7.40. The van der Waals surface area contributed by atoms with Gasteiger partial charge in [0.15, 0.2) is 0 Å². The van der Waals surface area contributed by atoms with Gasteiger partial charge in [0.1, 0.15) is 0 Å². The summed E-state index contributed by atoms with van der Waals surface area (Å²) in [6, 6.07) is 0. The molecule has 4 nitrogen and oxygen atoms in total. The van der Waals surface area contributed by atoms with Gasteiger partial charge in [0, 0.05) is 17.6 Å². The Bertz CT molecular complexity index is 608. The summed E-state index contributed by atoms with van der Waals surface area (Å²) in [4.78, 5) is 22.9. The van der Waals surface area contributed by atoms with Crippen LogP contribution < -0.4 is 0 Å². The van der Waals surface area contributed by atoms with E-state index in [0.29, 0.717) is 18.4 Å². The average molecular weight is 405 g/mol. The van der Waals surface area contributed by atoms with E-state index in [-0.39, 0.29) is 5.92 Å². The number of rotatable bonds is 16. The Kier molecular flexibility index (Phi) is 15.6. The quantitative estimate of drug-likeness (QED) is 0.164. The van der Waals surface area contributed by atoms with Crippen molar-refractivity contribution in [2.45, 2.75) is 91.9 Å². The zero-order chi connectivity index (χ0) is 22.1. The van der Waals surface area contributed by atoms with Gasteiger partial charge in [-0.2, -0.15) is 0 Å². The molecular weight excluding hydrogens is 364 g/mol. The number of hydrogen-bond acceptors (Lipinski definition) is 2. The van der Waals surface area contributed by atoms with Crippen molar-refractivity contribution < 1.29 is 19.8 Å². The molecule has 0 aliphatic carbocycles. The monoisotopic (exact) mass is 404 g/mol. The molecule has 4 heteroatoms. The van der Waals surface area contributed by atoms with E-state index in [0.717, 1.165) is 62.2 Å². The fourth-order valence-corrected chi connectivity index (χ4v) is 3.28. The van der Waals surface area contributed by atoms with Crippen LogP contribution in [-0.2, 0) is 9.59 Å². The minimum atomic E-state index is -0.974. The van der Waals surface area contributed by atoms with Gasteiger partial charge in [-0.05, 0) is 37.7 Å². The zero-order valence-corrected chi connectivity index (χ0v) is 18.7. The Labute approximate surface area is 177 Å². The highest BCUT2D eigenvalue weighted by molar-refractivity contribution is 5.88. The summed E-state index contributed by atoms with van der Waals surface area (Å²) < 4.78 is 0. The largest absolute Gasteiger partial charge is 0.478 e. The lowest BCUT2D eigenvalue weighted by molar-refractivity contribution is -0.133. The molecule has 2 N–H and O–H groups in total. The fraction of sp³-hybridized carbons (Fsp3) is 0.600. The Hall–Kier alpha value is -2.10. The van der Waals surface area contributed by atoms with E-state index in [1.54, 1.807) is 6.08 Å². The molecule has 1 unspecified atom stereocenters. The van der Waals surface area contributed by atoms with Crippen molar-refractivity contribution in [2.75, 3.05) is 0 Å². The molecular formula is C25H40O4. The summed E-state index contributed by atoms with van der Waals surface area (Å²) in [5, 5.41) is 18.8. The van der Waals surface area contributed by atoms with Crippen LogP contribution in [0.3, 0.4) is 0 Å². The van der Waals surface area contributed by atoms with Gasteiger partial charge in [0.25, 0.3) is 0 Å². The standard InChI is InChI=1S/C25H40O4/c1-5-9-11-12-13-16-22(23(14-7-3)25(28)29)21(15-10-6-2)19-20(8-4)17-18-24(26)27/h13,16-19,21H,5-12,14-15H2,1-4H3,(H,26,27)(H,28,29). The van der Waals surface area contributed by atoms with Crippen molar-refractivity contribution in [1.82, 2.24) is 0 Å². The first kappa shape index (κ1) is 26.9. The van der Waals surface area contributed by atoms with Gasteiger partial charge in [-0.1, -0.05) is 89.7 Å². The number of carboxylic acids is 2. The molecule has 0 saturated heterocycles. The summed E-state index contributed by atoms with van der Waals surface area (Å²) >= 11 is 0. The predicted octanol–water partition coefficient (Wildman–Crippen LogP) is 7.09. The molecule has 0 bridgehead atoms. The number of carboxylic acid groups (broad SMARTS) is 2. The first-order valence-corrected chi connectivity index (χ1v) is 11.2. The molecule has 0 aromatic rings. The van der Waals surface area contributed by atoms with E-state index < -0.39 is 11.9 Å². The number of hydrogen-bond donors (Lipinski definition) is 2. The maximum atomic E-state index is 12.0. The van der Waals surface area contributed by atoms with E-state index in [9.17, 15) is 14.7 Å². The number of unbranched alkanes of at least 4 members (excludes halogenated alkanes) is 4. The molecule has 0 amide bonds. The van der Waals surface area contributed by atoms with Crippen LogP contribution >= 0.6 is 0 Å². The first-order chi connectivity index (χ1) is 13.9. The van der Waals surface area contributed by atoms with Crippen LogP contribution in [0.4, 0.5) is 0 Å². The fourth-order valence-electron chi connectivity index (χ4n) is 3.28. The average Bonchev–Trinajstić information content (AvgIpc) is 2.69. The second-order valence-corrected chi connectivity index (χ2v) is 7.40. The minimum absolute atomic E-state index is 0.0246. The van der Waals surface area contributed by atoms with Crippen LogP contribution in [-0.4, -0.2) is 22.2 Å². The lowest BCUT2D eigenvalue weighted by Gasteiger charge is -2.19. The third-order valence-corrected chi connectivity index (χ3v) is 4.91. The maximum Gasteiger partial charge on any atom is 0.331 e. The second kappa shape index (κ2) is 16.8. The SMILES string of the molecule is CCCCCC=CC(=C(CCC)C(=O)O)C(C=C(C=CC(=O)O)CC)CCCC. The van der Waals surface area contributed by atoms with E-state index in [4.69, 9.17) is 5.11 Å². The van der Waals surface area contributed by atoms with Crippen LogP contribution in [0.1, 0.15) is 91.9 Å². The Morgan fingerprint density at radius 2 is 1.55 bits per heavy atom. The molecule has 0 heterocycles. The molecule has 0 aliphatic heterocycles. The first-order valence-electron chi connectivity index (χ1n) is 11.2. The Balaban J connectivity index is 6.14. The van der Waals surface area contributed by atoms with E-state index in [1.807, 2.05) is 19.9 Å². The highest BCUT2D eigenvalue weighted by atomic mass is 16.4. The summed E-state index contributed by atoms with van der Waals surface area (Å²) in [7, 11) is 0. The van der Waals surface area contributed by atoms with Gasteiger partial charge in [-0.25, -0.2) is 9.59 Å². The van der Waals surface area contributed by atoms with Crippen molar-refractivity contribution in [3.8, 4) is 0 Å². The van der Waals surface area contributed by atoms with Crippen molar-refractivity contribution in [3.63, 3.8) is 0 Å². The van der Waals surface area contributed by atoms with Gasteiger partial charge in [0.2, 0.25) is 0 Å². The van der Waals surface area contributed by atoms with E-state index in [2.05, 4.69) is 26.0 Å². The smallest absolute Gasteiger partial charge is 0.331 e. The van der Waals surface area contributed by atoms with Gasteiger partial charge in [-0.15, -0.1) is 0 Å². The van der Waals surface area contributed by atoms with Crippen molar-refractivity contribution in [2.24, 2.45) is 5.92 Å². The van der Waals surface area contributed by atoms with Gasteiger partial charge < -0.3 is 10.2 Å². The molecule has 164 valence electrons. The minimum Gasteiger partial charge on any atom is -0.478 e. The molecule has 0 aromatic carbocycles. The van der Waals surface area contributed by atoms with Crippen molar-refractivity contribution in [3.05, 3.63) is 47.1 Å². The maximum absolute atomic E-state index is 12.0. The topological polar surface area (TPSA) is 74.6 Å². The third kappa shape index (κ3) is 12.1. The summed E-state index contributed by atoms with van der Waals surface area (Å²) in [6.07, 6.45) is 18.2. The van der Waals surface area contributed by atoms with Crippen LogP contribution in [0.5, 0.6) is 0 Å². The van der Waals surface area contributed by atoms with Gasteiger partial charge >= 0.3 is 11.9 Å². The molecule has 29 heavy (non-hydrogen) atoms. The third-order valence-electron chi connectivity index (χ3n) is 4.91. The lowest BCUT2D eigenvalue weighted by atomic mass is 9.85. The van der Waals surface area contributed by atoms with Crippen LogP contribution in [0.15, 0.2) is 47.1 Å². The summed E-state index contributed by atoms with van der Waals surface area (Å²) in [5.74, 6) is -1.85. The molecule has 0 aliphatic rings. The Morgan fingerprint density at radius 3 is 2.07 bits per heavy atom. The molecule has 0 radical (unpaired) electrons. The molecule has 0 aromatic heterocycles. The lowest BCUT2D eigenvalue weighted by Crippen LogP contribution is -2.11. The van der Waals surface area contributed by atoms with E-state index >= 15 is 0 Å². The normalized spacial score (nSPS) is 14.4. The van der Waals surface area contributed by atoms with E-state index in [1.165, 1.54) is 6.42 Å². The van der Waals surface area contributed by atoms with Crippen molar-refractivity contribution >= 4 is 11.9 Å². The number of carbonyl (C=O) groups is 2.